The molecule has 0 saturated carbocycles. The van der Waals surface area contributed by atoms with E-state index < -0.39 is 12.0 Å². The molecule has 1 aromatic rings. The van der Waals surface area contributed by atoms with Crippen LogP contribution in [-0.4, -0.2) is 19.1 Å². The number of hydrogen-bond donors (Lipinski definition) is 0. The first-order valence-corrected chi connectivity index (χ1v) is 4.14. The van der Waals surface area contributed by atoms with Crippen molar-refractivity contribution >= 4 is 5.78 Å². The molecule has 0 saturated heterocycles. The quantitative estimate of drug-likeness (QED) is 0.729. The standard InChI is InChI=1S/C10H9F3O2/c1-15-6-7-2-4-8(5-3-7)9(14)10(11,12)13/h2-5H,6H2,1H3. The van der Waals surface area contributed by atoms with E-state index in [1.807, 2.05) is 0 Å². The second kappa shape index (κ2) is 4.44. The SMILES string of the molecule is COCc1ccc(C(=O)C(F)(F)F)cc1. The van der Waals surface area contributed by atoms with Gasteiger partial charge in [-0.05, 0) is 5.56 Å². The molecule has 0 amide bonds. The number of ketones is 1. The zero-order valence-electron chi connectivity index (χ0n) is 7.97. The van der Waals surface area contributed by atoms with Gasteiger partial charge in [-0.15, -0.1) is 0 Å². The van der Waals surface area contributed by atoms with E-state index in [0.29, 0.717) is 6.61 Å². The summed E-state index contributed by atoms with van der Waals surface area (Å²) in [6.45, 7) is 0.306. The van der Waals surface area contributed by atoms with Gasteiger partial charge < -0.3 is 4.74 Å². The number of halogens is 3. The predicted octanol–water partition coefficient (Wildman–Crippen LogP) is 2.58. The Morgan fingerprint density at radius 3 is 2.20 bits per heavy atom. The Morgan fingerprint density at radius 2 is 1.80 bits per heavy atom. The highest BCUT2D eigenvalue weighted by atomic mass is 19.4. The first-order valence-electron chi connectivity index (χ1n) is 4.14. The molecule has 0 aliphatic rings. The summed E-state index contributed by atoms with van der Waals surface area (Å²) < 4.78 is 40.8. The van der Waals surface area contributed by atoms with E-state index in [-0.39, 0.29) is 5.56 Å². The number of Topliss-reactive ketones (excluding diaryl/α,β-unsaturated/α-hetero) is 1. The molecule has 0 radical (unpaired) electrons. The summed E-state index contributed by atoms with van der Waals surface area (Å²) in [5, 5.41) is 0. The van der Waals surface area contributed by atoms with E-state index in [0.717, 1.165) is 17.7 Å². The summed E-state index contributed by atoms with van der Waals surface area (Å²) in [4.78, 5) is 10.8. The molecule has 1 aromatic carbocycles. The number of rotatable bonds is 3. The molecule has 1 rings (SSSR count). The lowest BCUT2D eigenvalue weighted by Gasteiger charge is -2.05. The molecule has 0 atom stereocenters. The Hall–Kier alpha value is -1.36. The number of carbonyl (C=O) groups excluding carboxylic acids is 1. The normalized spacial score (nSPS) is 11.5. The van der Waals surface area contributed by atoms with E-state index in [4.69, 9.17) is 4.74 Å². The molecule has 2 nitrogen and oxygen atoms in total. The Kier molecular flexibility index (Phi) is 3.47. The molecular formula is C10H9F3O2. The molecule has 0 aliphatic heterocycles. The van der Waals surface area contributed by atoms with Crippen LogP contribution < -0.4 is 0 Å². The summed E-state index contributed by atoms with van der Waals surface area (Å²) in [6.07, 6.45) is -4.82. The van der Waals surface area contributed by atoms with Crippen molar-refractivity contribution in [3.8, 4) is 0 Å². The maximum atomic E-state index is 12.0. The Morgan fingerprint density at radius 1 is 1.27 bits per heavy atom. The summed E-state index contributed by atoms with van der Waals surface area (Å²) in [5.41, 5.74) is 0.360. The van der Waals surface area contributed by atoms with Crippen molar-refractivity contribution in [2.75, 3.05) is 7.11 Å². The number of alkyl halides is 3. The van der Waals surface area contributed by atoms with Crippen LogP contribution in [0.1, 0.15) is 15.9 Å². The molecule has 5 heteroatoms. The molecule has 0 fully saturated rings. The maximum absolute atomic E-state index is 12.0. The van der Waals surface area contributed by atoms with Crippen molar-refractivity contribution in [2.24, 2.45) is 0 Å². The highest BCUT2D eigenvalue weighted by Crippen LogP contribution is 2.21. The lowest BCUT2D eigenvalue weighted by molar-refractivity contribution is -0.0885. The minimum Gasteiger partial charge on any atom is -0.380 e. The van der Waals surface area contributed by atoms with E-state index in [1.54, 1.807) is 0 Å². The molecule has 0 unspecified atom stereocenters. The van der Waals surface area contributed by atoms with Crippen LogP contribution in [0.5, 0.6) is 0 Å². The first-order chi connectivity index (χ1) is 6.95. The average molecular weight is 218 g/mol. The Labute approximate surface area is 84.7 Å². The lowest BCUT2D eigenvalue weighted by atomic mass is 10.1. The van der Waals surface area contributed by atoms with Crippen LogP contribution in [0.2, 0.25) is 0 Å². The molecule has 0 N–H and O–H groups in total. The van der Waals surface area contributed by atoms with E-state index >= 15 is 0 Å². The summed E-state index contributed by atoms with van der Waals surface area (Å²) >= 11 is 0. The van der Waals surface area contributed by atoms with E-state index in [9.17, 15) is 18.0 Å². The third-order valence-electron chi connectivity index (χ3n) is 1.78. The van der Waals surface area contributed by atoms with Crippen molar-refractivity contribution in [1.82, 2.24) is 0 Å². The highest BCUT2D eigenvalue weighted by molar-refractivity contribution is 6.00. The van der Waals surface area contributed by atoms with E-state index in [1.165, 1.54) is 19.2 Å². The first kappa shape index (κ1) is 11.7. The van der Waals surface area contributed by atoms with Gasteiger partial charge in [-0.1, -0.05) is 24.3 Å². The largest absolute Gasteiger partial charge is 0.454 e. The van der Waals surface area contributed by atoms with Gasteiger partial charge in [0.2, 0.25) is 0 Å². The van der Waals surface area contributed by atoms with Gasteiger partial charge in [-0.2, -0.15) is 13.2 Å². The van der Waals surface area contributed by atoms with Crippen molar-refractivity contribution in [2.45, 2.75) is 12.8 Å². The minimum absolute atomic E-state index is 0.306. The van der Waals surface area contributed by atoms with Gasteiger partial charge in [0.1, 0.15) is 0 Å². The molecule has 0 spiro atoms. The Bertz CT molecular complexity index is 341. The van der Waals surface area contributed by atoms with Gasteiger partial charge in [0.15, 0.2) is 0 Å². The van der Waals surface area contributed by atoms with Crippen molar-refractivity contribution < 1.29 is 22.7 Å². The van der Waals surface area contributed by atoms with Gasteiger partial charge in [-0.3, -0.25) is 4.79 Å². The third kappa shape index (κ3) is 3.06. The van der Waals surface area contributed by atoms with Crippen molar-refractivity contribution in [1.29, 1.82) is 0 Å². The van der Waals surface area contributed by atoms with Crippen LogP contribution >= 0.6 is 0 Å². The molecule has 0 heterocycles. The van der Waals surface area contributed by atoms with Crippen molar-refractivity contribution in [3.63, 3.8) is 0 Å². The molecular weight excluding hydrogens is 209 g/mol. The number of carbonyl (C=O) groups is 1. The lowest BCUT2D eigenvalue weighted by Crippen LogP contribution is -2.22. The highest BCUT2D eigenvalue weighted by Gasteiger charge is 2.39. The monoisotopic (exact) mass is 218 g/mol. The van der Waals surface area contributed by atoms with Gasteiger partial charge in [0.05, 0.1) is 6.61 Å². The van der Waals surface area contributed by atoms with Gasteiger partial charge >= 0.3 is 6.18 Å². The van der Waals surface area contributed by atoms with Crippen LogP contribution in [0.25, 0.3) is 0 Å². The van der Waals surface area contributed by atoms with Crippen molar-refractivity contribution in [3.05, 3.63) is 35.4 Å². The summed E-state index contributed by atoms with van der Waals surface area (Å²) in [6, 6.07) is 5.15. The Balaban J connectivity index is 2.85. The summed E-state index contributed by atoms with van der Waals surface area (Å²) in [5.74, 6) is -1.83. The molecule has 15 heavy (non-hydrogen) atoms. The minimum atomic E-state index is -4.82. The number of ether oxygens (including phenoxy) is 1. The topological polar surface area (TPSA) is 26.3 Å². The number of hydrogen-bond acceptors (Lipinski definition) is 2. The van der Waals surface area contributed by atoms with Crippen LogP contribution in [0, 0.1) is 0 Å². The zero-order valence-corrected chi connectivity index (χ0v) is 7.97. The number of benzene rings is 1. The van der Waals surface area contributed by atoms with Gasteiger partial charge in [-0.25, -0.2) is 0 Å². The smallest absolute Gasteiger partial charge is 0.380 e. The number of methoxy groups -OCH3 is 1. The fraction of sp³-hybridized carbons (Fsp3) is 0.300. The molecule has 0 aliphatic carbocycles. The third-order valence-corrected chi connectivity index (χ3v) is 1.78. The second-order valence-corrected chi connectivity index (χ2v) is 2.96. The molecule has 82 valence electrons. The fourth-order valence-corrected chi connectivity index (χ4v) is 1.08. The molecule has 0 aromatic heterocycles. The fourth-order valence-electron chi connectivity index (χ4n) is 1.08. The molecule has 0 bridgehead atoms. The van der Waals surface area contributed by atoms with Crippen LogP contribution in [-0.2, 0) is 11.3 Å². The second-order valence-electron chi connectivity index (χ2n) is 2.96. The predicted molar refractivity (Wildman–Crippen MR) is 47.5 cm³/mol. The summed E-state index contributed by atoms with van der Waals surface area (Å²) in [7, 11) is 1.48. The van der Waals surface area contributed by atoms with E-state index in [2.05, 4.69) is 0 Å². The van der Waals surface area contributed by atoms with Crippen LogP contribution in [0.15, 0.2) is 24.3 Å². The van der Waals surface area contributed by atoms with Gasteiger partial charge in [0, 0.05) is 12.7 Å². The zero-order chi connectivity index (χ0) is 11.5. The van der Waals surface area contributed by atoms with Crippen LogP contribution in [0.3, 0.4) is 0 Å². The van der Waals surface area contributed by atoms with Crippen LogP contribution in [0.4, 0.5) is 13.2 Å². The average Bonchev–Trinajstić information content (AvgIpc) is 2.17. The van der Waals surface area contributed by atoms with Gasteiger partial charge in [0.25, 0.3) is 5.78 Å². The maximum Gasteiger partial charge on any atom is 0.454 e.